The number of carbonyl (C=O) groups excluding carboxylic acids is 1. The summed E-state index contributed by atoms with van der Waals surface area (Å²) in [5.74, 6) is -0.536. The highest BCUT2D eigenvalue weighted by Crippen LogP contribution is 2.23. The monoisotopic (exact) mass is 237 g/mol. The van der Waals surface area contributed by atoms with Crippen molar-refractivity contribution in [2.24, 2.45) is 0 Å². The first-order valence-corrected chi connectivity index (χ1v) is 5.29. The van der Waals surface area contributed by atoms with Crippen LogP contribution in [0.1, 0.15) is 35.3 Å². The second-order valence-corrected chi connectivity index (χ2v) is 4.15. The Bertz CT molecular complexity index is 466. The summed E-state index contributed by atoms with van der Waals surface area (Å²) in [6.45, 7) is 6.85. The van der Waals surface area contributed by atoms with E-state index < -0.39 is 10.9 Å². The maximum atomic E-state index is 11.6. The van der Waals surface area contributed by atoms with Crippen LogP contribution in [-0.4, -0.2) is 17.0 Å². The Balaban J connectivity index is 3.19. The molecule has 0 bridgehead atoms. The normalized spacial score (nSPS) is 10.4. The van der Waals surface area contributed by atoms with Crippen molar-refractivity contribution in [1.29, 1.82) is 0 Å². The van der Waals surface area contributed by atoms with Gasteiger partial charge in [0.2, 0.25) is 0 Å². The average molecular weight is 237 g/mol. The SMILES string of the molecule is Cc1cc(C(=O)OC(C)C)cc([N+](=O)[O-])c1C. The van der Waals surface area contributed by atoms with E-state index in [0.717, 1.165) is 0 Å². The van der Waals surface area contributed by atoms with Gasteiger partial charge in [-0.3, -0.25) is 10.1 Å². The second kappa shape index (κ2) is 4.95. The van der Waals surface area contributed by atoms with Crippen LogP contribution in [0, 0.1) is 24.0 Å². The molecule has 1 aromatic carbocycles. The average Bonchev–Trinajstić information content (AvgIpc) is 2.20. The molecule has 0 aromatic heterocycles. The zero-order valence-electron chi connectivity index (χ0n) is 10.3. The fourth-order valence-corrected chi connectivity index (χ4v) is 1.43. The minimum Gasteiger partial charge on any atom is -0.459 e. The lowest BCUT2D eigenvalue weighted by molar-refractivity contribution is -0.385. The molecule has 0 fully saturated rings. The molecule has 1 aromatic rings. The fraction of sp³-hybridized carbons (Fsp3) is 0.417. The molecule has 92 valence electrons. The number of rotatable bonds is 3. The number of hydrogen-bond acceptors (Lipinski definition) is 4. The van der Waals surface area contributed by atoms with Crippen LogP contribution >= 0.6 is 0 Å². The highest BCUT2D eigenvalue weighted by molar-refractivity contribution is 5.90. The molecule has 0 N–H and O–H groups in total. The van der Waals surface area contributed by atoms with E-state index in [1.54, 1.807) is 33.8 Å². The van der Waals surface area contributed by atoms with Gasteiger partial charge < -0.3 is 4.74 Å². The predicted octanol–water partition coefficient (Wildman–Crippen LogP) is 2.78. The summed E-state index contributed by atoms with van der Waals surface area (Å²) < 4.78 is 5.00. The van der Waals surface area contributed by atoms with Crippen LogP contribution in [0.4, 0.5) is 5.69 Å². The molecule has 0 aliphatic carbocycles. The van der Waals surface area contributed by atoms with Crippen LogP contribution in [0.25, 0.3) is 0 Å². The maximum Gasteiger partial charge on any atom is 0.338 e. The third-order valence-electron chi connectivity index (χ3n) is 2.42. The Morgan fingerprint density at radius 2 is 1.94 bits per heavy atom. The number of hydrogen-bond donors (Lipinski definition) is 0. The van der Waals surface area contributed by atoms with Gasteiger partial charge in [-0.15, -0.1) is 0 Å². The Labute approximate surface area is 99.5 Å². The lowest BCUT2D eigenvalue weighted by Gasteiger charge is -2.09. The van der Waals surface area contributed by atoms with E-state index in [-0.39, 0.29) is 17.4 Å². The Hall–Kier alpha value is -1.91. The molecule has 0 amide bonds. The van der Waals surface area contributed by atoms with Crippen molar-refractivity contribution in [3.63, 3.8) is 0 Å². The van der Waals surface area contributed by atoms with Crippen molar-refractivity contribution in [1.82, 2.24) is 0 Å². The summed E-state index contributed by atoms with van der Waals surface area (Å²) in [5, 5.41) is 10.8. The van der Waals surface area contributed by atoms with E-state index in [0.29, 0.717) is 11.1 Å². The van der Waals surface area contributed by atoms with Gasteiger partial charge in [-0.25, -0.2) is 4.79 Å². The van der Waals surface area contributed by atoms with Crippen molar-refractivity contribution >= 4 is 11.7 Å². The number of aryl methyl sites for hydroxylation is 1. The van der Waals surface area contributed by atoms with Gasteiger partial charge in [0.25, 0.3) is 5.69 Å². The first kappa shape index (κ1) is 13.2. The minimum atomic E-state index is -0.536. The summed E-state index contributed by atoms with van der Waals surface area (Å²) >= 11 is 0. The first-order valence-electron chi connectivity index (χ1n) is 5.29. The predicted molar refractivity (Wildman–Crippen MR) is 63.1 cm³/mol. The van der Waals surface area contributed by atoms with E-state index in [9.17, 15) is 14.9 Å². The molecule has 0 saturated carbocycles. The van der Waals surface area contributed by atoms with Crippen LogP contribution < -0.4 is 0 Å². The zero-order valence-corrected chi connectivity index (χ0v) is 10.3. The summed E-state index contributed by atoms with van der Waals surface area (Å²) in [6, 6.07) is 2.86. The molecule has 0 aliphatic heterocycles. The van der Waals surface area contributed by atoms with Gasteiger partial charge in [0, 0.05) is 11.6 Å². The van der Waals surface area contributed by atoms with Crippen molar-refractivity contribution in [2.45, 2.75) is 33.8 Å². The molecule has 0 spiro atoms. The van der Waals surface area contributed by atoms with E-state index in [1.807, 2.05) is 0 Å². The second-order valence-electron chi connectivity index (χ2n) is 4.15. The van der Waals surface area contributed by atoms with E-state index in [4.69, 9.17) is 4.74 Å². The quantitative estimate of drug-likeness (QED) is 0.460. The van der Waals surface area contributed by atoms with Crippen molar-refractivity contribution in [3.8, 4) is 0 Å². The highest BCUT2D eigenvalue weighted by Gasteiger charge is 2.18. The molecule has 5 nitrogen and oxygen atoms in total. The molecule has 17 heavy (non-hydrogen) atoms. The molecule has 0 saturated heterocycles. The Morgan fingerprint density at radius 1 is 1.35 bits per heavy atom. The first-order chi connectivity index (χ1) is 7.82. The number of nitro groups is 1. The number of ether oxygens (including phenoxy) is 1. The van der Waals surface area contributed by atoms with Crippen LogP contribution in [0.5, 0.6) is 0 Å². The third-order valence-corrected chi connectivity index (χ3v) is 2.42. The molecule has 0 atom stereocenters. The van der Waals surface area contributed by atoms with E-state index in [1.165, 1.54) is 6.07 Å². The van der Waals surface area contributed by atoms with Gasteiger partial charge >= 0.3 is 5.97 Å². The largest absolute Gasteiger partial charge is 0.459 e. The van der Waals surface area contributed by atoms with Crippen LogP contribution in [0.2, 0.25) is 0 Å². The summed E-state index contributed by atoms with van der Waals surface area (Å²) in [7, 11) is 0. The number of nitro benzene ring substituents is 1. The lowest BCUT2D eigenvalue weighted by atomic mass is 10.0. The summed E-state index contributed by atoms with van der Waals surface area (Å²) in [6.07, 6.45) is -0.247. The molecule has 0 aliphatic rings. The summed E-state index contributed by atoms with van der Waals surface area (Å²) in [5.41, 5.74) is 1.43. The molecule has 0 heterocycles. The van der Waals surface area contributed by atoms with Gasteiger partial charge in [-0.05, 0) is 39.3 Å². The van der Waals surface area contributed by atoms with Gasteiger partial charge in [0.1, 0.15) is 0 Å². The minimum absolute atomic E-state index is 0.0549. The van der Waals surface area contributed by atoms with Gasteiger partial charge in [0.15, 0.2) is 0 Å². The molecule has 0 unspecified atom stereocenters. The molecule has 1 rings (SSSR count). The number of benzene rings is 1. The van der Waals surface area contributed by atoms with Gasteiger partial charge in [-0.2, -0.15) is 0 Å². The Morgan fingerprint density at radius 3 is 2.41 bits per heavy atom. The van der Waals surface area contributed by atoms with E-state index >= 15 is 0 Å². The smallest absolute Gasteiger partial charge is 0.338 e. The molecule has 0 radical (unpaired) electrons. The topological polar surface area (TPSA) is 69.4 Å². The van der Waals surface area contributed by atoms with Crippen molar-refractivity contribution in [3.05, 3.63) is 38.9 Å². The Kier molecular flexibility index (Phi) is 3.83. The molecule has 5 heteroatoms. The molecular formula is C12H15NO4. The van der Waals surface area contributed by atoms with Gasteiger partial charge in [0.05, 0.1) is 16.6 Å². The zero-order chi connectivity index (χ0) is 13.2. The number of nitrogens with zero attached hydrogens (tertiary/aromatic N) is 1. The van der Waals surface area contributed by atoms with Crippen LogP contribution in [0.3, 0.4) is 0 Å². The maximum absolute atomic E-state index is 11.6. The van der Waals surface area contributed by atoms with Crippen molar-refractivity contribution in [2.75, 3.05) is 0 Å². The lowest BCUT2D eigenvalue weighted by Crippen LogP contribution is -2.12. The molecular weight excluding hydrogens is 222 g/mol. The van der Waals surface area contributed by atoms with E-state index in [2.05, 4.69) is 0 Å². The summed E-state index contributed by atoms with van der Waals surface area (Å²) in [4.78, 5) is 22.0. The third kappa shape index (κ3) is 3.03. The van der Waals surface area contributed by atoms with Gasteiger partial charge in [-0.1, -0.05) is 0 Å². The number of esters is 1. The van der Waals surface area contributed by atoms with Crippen LogP contribution in [-0.2, 0) is 4.74 Å². The highest BCUT2D eigenvalue weighted by atomic mass is 16.6. The number of carbonyl (C=O) groups is 1. The standard InChI is InChI=1S/C12H15NO4/c1-7(2)17-12(14)10-5-8(3)9(4)11(6-10)13(15)16/h5-7H,1-4H3. The van der Waals surface area contributed by atoms with Crippen LogP contribution in [0.15, 0.2) is 12.1 Å². The van der Waals surface area contributed by atoms with Crippen molar-refractivity contribution < 1.29 is 14.5 Å². The fourth-order valence-electron chi connectivity index (χ4n) is 1.43.